The highest BCUT2D eigenvalue weighted by molar-refractivity contribution is 7.89. The monoisotopic (exact) mass is 283 g/mol. The first kappa shape index (κ1) is 14.3. The Hall–Kier alpha value is -1.11. The summed E-state index contributed by atoms with van der Waals surface area (Å²) in [5.41, 5.74) is 3.16. The molecule has 1 aromatic carbocycles. The quantitative estimate of drug-likeness (QED) is 0.567. The fourth-order valence-corrected chi connectivity index (χ4v) is 3.67. The van der Waals surface area contributed by atoms with E-state index in [1.807, 2.05) is 0 Å². The molecule has 0 amide bonds. The second-order valence-corrected chi connectivity index (χ2v) is 7.07. The van der Waals surface area contributed by atoms with Crippen molar-refractivity contribution in [1.82, 2.24) is 4.72 Å². The fourth-order valence-electron chi connectivity index (χ4n) is 2.55. The highest BCUT2D eigenvalue weighted by Gasteiger charge is 2.23. The van der Waals surface area contributed by atoms with Crippen LogP contribution in [0.5, 0.6) is 0 Å². The summed E-state index contributed by atoms with van der Waals surface area (Å²) in [6.07, 6.45) is 3.42. The van der Waals surface area contributed by atoms with Gasteiger partial charge in [0, 0.05) is 12.2 Å². The Balaban J connectivity index is 1.97. The van der Waals surface area contributed by atoms with Gasteiger partial charge in [0.15, 0.2) is 0 Å². The number of nitrogen functional groups attached to an aromatic ring is 1. The van der Waals surface area contributed by atoms with E-state index < -0.39 is 10.0 Å². The van der Waals surface area contributed by atoms with Gasteiger partial charge in [0.25, 0.3) is 0 Å². The number of benzene rings is 1. The van der Waals surface area contributed by atoms with Gasteiger partial charge in [-0.3, -0.25) is 5.84 Å². The lowest BCUT2D eigenvalue weighted by atomic mass is 10.1. The number of sulfonamides is 1. The van der Waals surface area contributed by atoms with Gasteiger partial charge in [-0.2, -0.15) is 0 Å². The Morgan fingerprint density at radius 1 is 1.26 bits per heavy atom. The maximum absolute atomic E-state index is 12.1. The summed E-state index contributed by atoms with van der Waals surface area (Å²) in [5.74, 6) is 6.43. The molecule has 1 fully saturated rings. The molecule has 2 atom stereocenters. The van der Waals surface area contributed by atoms with Crippen LogP contribution in [-0.2, 0) is 10.0 Å². The molecule has 0 heterocycles. The molecule has 4 N–H and O–H groups in total. The first-order valence-electron chi connectivity index (χ1n) is 6.57. The van der Waals surface area contributed by atoms with Crippen molar-refractivity contribution in [2.45, 2.75) is 31.1 Å². The van der Waals surface area contributed by atoms with Crippen molar-refractivity contribution in [3.8, 4) is 0 Å². The van der Waals surface area contributed by atoms with Crippen molar-refractivity contribution in [3.05, 3.63) is 24.3 Å². The van der Waals surface area contributed by atoms with E-state index >= 15 is 0 Å². The second-order valence-electron chi connectivity index (χ2n) is 5.30. The maximum atomic E-state index is 12.1. The molecule has 1 aromatic rings. The molecule has 0 radical (unpaired) electrons. The zero-order valence-electron chi connectivity index (χ0n) is 11.1. The van der Waals surface area contributed by atoms with Crippen LogP contribution in [0.4, 0.5) is 5.69 Å². The van der Waals surface area contributed by atoms with E-state index in [9.17, 15) is 8.42 Å². The predicted octanol–water partition coefficient (Wildman–Crippen LogP) is 1.69. The fraction of sp³-hybridized carbons (Fsp3) is 0.538. The molecule has 0 bridgehead atoms. The molecule has 1 aliphatic rings. The van der Waals surface area contributed by atoms with Crippen molar-refractivity contribution in [2.24, 2.45) is 17.7 Å². The summed E-state index contributed by atoms with van der Waals surface area (Å²) in [7, 11) is -3.41. The molecule has 6 heteroatoms. The molecule has 0 spiro atoms. The predicted molar refractivity (Wildman–Crippen MR) is 75.9 cm³/mol. The third-order valence-corrected chi connectivity index (χ3v) is 5.14. The number of hydrogen-bond donors (Lipinski definition) is 3. The van der Waals surface area contributed by atoms with Crippen LogP contribution >= 0.6 is 0 Å². The standard InChI is InChI=1S/C13H21N3O2S/c1-10-2-3-11(8-10)9-15-19(17,18)13-6-4-12(16-14)5-7-13/h4-7,10-11,15-16H,2-3,8-9,14H2,1H3. The van der Waals surface area contributed by atoms with Gasteiger partial charge in [-0.15, -0.1) is 0 Å². The van der Waals surface area contributed by atoms with Crippen LogP contribution < -0.4 is 16.0 Å². The SMILES string of the molecule is CC1CCC(CNS(=O)(=O)c2ccc(NN)cc2)C1. The summed E-state index contributed by atoms with van der Waals surface area (Å²) in [4.78, 5) is 0.276. The number of hydrazine groups is 1. The van der Waals surface area contributed by atoms with E-state index in [1.165, 1.54) is 6.42 Å². The molecule has 1 aliphatic carbocycles. The van der Waals surface area contributed by atoms with Crippen LogP contribution in [0.15, 0.2) is 29.2 Å². The summed E-state index contributed by atoms with van der Waals surface area (Å²) >= 11 is 0. The highest BCUT2D eigenvalue weighted by atomic mass is 32.2. The van der Waals surface area contributed by atoms with Crippen LogP contribution in [0.2, 0.25) is 0 Å². The Labute approximate surface area is 114 Å². The van der Waals surface area contributed by atoms with Crippen molar-refractivity contribution < 1.29 is 8.42 Å². The van der Waals surface area contributed by atoms with Crippen molar-refractivity contribution >= 4 is 15.7 Å². The van der Waals surface area contributed by atoms with E-state index in [4.69, 9.17) is 5.84 Å². The minimum Gasteiger partial charge on any atom is -0.324 e. The van der Waals surface area contributed by atoms with Crippen molar-refractivity contribution in [2.75, 3.05) is 12.0 Å². The molecule has 106 valence electrons. The van der Waals surface area contributed by atoms with Gasteiger partial charge in [-0.1, -0.05) is 13.3 Å². The molecular weight excluding hydrogens is 262 g/mol. The average Bonchev–Trinajstić information content (AvgIpc) is 2.82. The van der Waals surface area contributed by atoms with Gasteiger partial charge in [0.1, 0.15) is 0 Å². The molecular formula is C13H21N3O2S. The summed E-state index contributed by atoms with van der Waals surface area (Å²) < 4.78 is 26.9. The highest BCUT2D eigenvalue weighted by Crippen LogP contribution is 2.29. The van der Waals surface area contributed by atoms with E-state index in [0.29, 0.717) is 24.1 Å². The Morgan fingerprint density at radius 2 is 1.95 bits per heavy atom. The number of nitrogens with two attached hydrogens (primary N) is 1. The maximum Gasteiger partial charge on any atom is 0.240 e. The van der Waals surface area contributed by atoms with Gasteiger partial charge in [-0.05, 0) is 48.9 Å². The molecule has 0 saturated heterocycles. The first-order valence-corrected chi connectivity index (χ1v) is 8.06. The van der Waals surface area contributed by atoms with Gasteiger partial charge in [-0.25, -0.2) is 13.1 Å². The summed E-state index contributed by atoms with van der Waals surface area (Å²) in [6.45, 7) is 2.75. The Morgan fingerprint density at radius 3 is 2.47 bits per heavy atom. The van der Waals surface area contributed by atoms with E-state index in [0.717, 1.165) is 12.8 Å². The van der Waals surface area contributed by atoms with Crippen molar-refractivity contribution in [1.29, 1.82) is 0 Å². The Kier molecular flexibility index (Phi) is 4.44. The largest absolute Gasteiger partial charge is 0.324 e. The van der Waals surface area contributed by atoms with Crippen molar-refractivity contribution in [3.63, 3.8) is 0 Å². The first-order chi connectivity index (χ1) is 9.01. The smallest absolute Gasteiger partial charge is 0.240 e. The number of anilines is 1. The van der Waals surface area contributed by atoms with E-state index in [1.54, 1.807) is 24.3 Å². The third kappa shape index (κ3) is 3.68. The van der Waals surface area contributed by atoms with E-state index in [-0.39, 0.29) is 4.90 Å². The summed E-state index contributed by atoms with van der Waals surface area (Å²) in [6, 6.07) is 6.39. The van der Waals surface area contributed by atoms with Gasteiger partial charge >= 0.3 is 0 Å². The van der Waals surface area contributed by atoms with Crippen LogP contribution in [0.3, 0.4) is 0 Å². The minimum atomic E-state index is -3.41. The molecule has 0 aliphatic heterocycles. The number of nitrogens with one attached hydrogen (secondary N) is 2. The van der Waals surface area contributed by atoms with Crippen LogP contribution in [-0.4, -0.2) is 15.0 Å². The lowest BCUT2D eigenvalue weighted by Crippen LogP contribution is -2.28. The molecule has 1 saturated carbocycles. The van der Waals surface area contributed by atoms with E-state index in [2.05, 4.69) is 17.1 Å². The van der Waals surface area contributed by atoms with Gasteiger partial charge < -0.3 is 5.43 Å². The van der Waals surface area contributed by atoms with Crippen LogP contribution in [0.1, 0.15) is 26.2 Å². The molecule has 2 unspecified atom stereocenters. The molecule has 19 heavy (non-hydrogen) atoms. The molecule has 0 aromatic heterocycles. The molecule has 2 rings (SSSR count). The lowest BCUT2D eigenvalue weighted by Gasteiger charge is -2.12. The zero-order chi connectivity index (χ0) is 13.9. The number of hydrogen-bond acceptors (Lipinski definition) is 4. The second kappa shape index (κ2) is 5.90. The average molecular weight is 283 g/mol. The number of rotatable bonds is 5. The summed E-state index contributed by atoms with van der Waals surface area (Å²) in [5, 5.41) is 0. The van der Waals surface area contributed by atoms with Gasteiger partial charge in [0.05, 0.1) is 4.90 Å². The minimum absolute atomic E-state index is 0.276. The zero-order valence-corrected chi connectivity index (χ0v) is 11.9. The topological polar surface area (TPSA) is 84.2 Å². The van der Waals surface area contributed by atoms with Gasteiger partial charge in [0.2, 0.25) is 10.0 Å². The molecule has 5 nitrogen and oxygen atoms in total. The normalized spacial score (nSPS) is 23.5. The van der Waals surface area contributed by atoms with Crippen LogP contribution in [0.25, 0.3) is 0 Å². The van der Waals surface area contributed by atoms with Crippen LogP contribution in [0, 0.1) is 11.8 Å². The lowest BCUT2D eigenvalue weighted by molar-refractivity contribution is 0.498. The third-order valence-electron chi connectivity index (χ3n) is 3.70. The Bertz CT molecular complexity index is 513.